The van der Waals surface area contributed by atoms with Gasteiger partial charge in [0.1, 0.15) is 28.2 Å². The van der Waals surface area contributed by atoms with E-state index in [4.69, 9.17) is 20.0 Å². The Morgan fingerprint density at radius 3 is 2.37 bits per heavy atom. The van der Waals surface area contributed by atoms with Crippen molar-refractivity contribution in [2.45, 2.75) is 12.8 Å². The molecule has 2 heterocycles. The number of fused-ring (bicyclic) bond motifs is 7. The van der Waals surface area contributed by atoms with Gasteiger partial charge in [0.25, 0.3) is 0 Å². The van der Waals surface area contributed by atoms with Gasteiger partial charge in [-0.1, -0.05) is 91.0 Å². The van der Waals surface area contributed by atoms with Crippen molar-refractivity contribution in [3.8, 4) is 11.1 Å². The average Bonchev–Trinajstić information content (AvgIpc) is 3.59. The number of hydrogen-bond acceptors (Lipinski definition) is 3. The molecule has 2 aromatic heterocycles. The van der Waals surface area contributed by atoms with E-state index in [1.54, 1.807) is 0 Å². The van der Waals surface area contributed by atoms with E-state index in [9.17, 15) is 0 Å². The van der Waals surface area contributed by atoms with Crippen LogP contribution in [0.3, 0.4) is 0 Å². The predicted octanol–water partition coefficient (Wildman–Crippen LogP) is 8.84. The molecule has 0 unspecified atom stereocenters. The number of amidine groups is 2. The van der Waals surface area contributed by atoms with E-state index in [-0.39, 0.29) is 11.7 Å². The van der Waals surface area contributed by atoms with Gasteiger partial charge in [-0.25, -0.2) is 4.99 Å². The number of aryl methyl sites for hydroxylation is 1. The first-order chi connectivity index (χ1) is 20.2. The number of rotatable bonds is 3. The standard InChI is InChI=1S/C36H25N3O2/c37-35(27-13-6-16-30-32(27)25-10-3-4-15-29(25)40-30)39-36(38)28-14-7-17-31-33(28)26-12-5-11-24(34(26)41-31)23-19-18-21-8-1-2-9-22(21)20-23/h1,3-8,10-20H,2,9H2,(H3,37,38,39). The fourth-order valence-electron chi connectivity index (χ4n) is 6.10. The molecule has 0 aliphatic heterocycles. The molecule has 3 N–H and O–H groups in total. The second-order valence-electron chi connectivity index (χ2n) is 10.4. The van der Waals surface area contributed by atoms with Crippen LogP contribution in [0.5, 0.6) is 0 Å². The predicted molar refractivity (Wildman–Crippen MR) is 168 cm³/mol. The van der Waals surface area contributed by atoms with Crippen molar-refractivity contribution < 1.29 is 8.83 Å². The van der Waals surface area contributed by atoms with Gasteiger partial charge >= 0.3 is 0 Å². The summed E-state index contributed by atoms with van der Waals surface area (Å²) >= 11 is 0. The van der Waals surface area contributed by atoms with E-state index >= 15 is 0 Å². The van der Waals surface area contributed by atoms with Crippen LogP contribution in [0.2, 0.25) is 0 Å². The van der Waals surface area contributed by atoms with E-state index in [1.807, 2.05) is 60.7 Å². The Morgan fingerprint density at radius 2 is 1.46 bits per heavy atom. The highest BCUT2D eigenvalue weighted by Crippen LogP contribution is 2.38. The number of nitrogens with one attached hydrogen (secondary N) is 1. The monoisotopic (exact) mass is 531 g/mol. The Balaban J connectivity index is 1.26. The summed E-state index contributed by atoms with van der Waals surface area (Å²) in [5, 5.41) is 12.6. The summed E-state index contributed by atoms with van der Waals surface area (Å²) in [6, 6.07) is 32.2. The quantitative estimate of drug-likeness (QED) is 0.176. The number of furan rings is 2. The highest BCUT2D eigenvalue weighted by molar-refractivity contribution is 6.24. The zero-order valence-electron chi connectivity index (χ0n) is 22.1. The first-order valence-corrected chi connectivity index (χ1v) is 13.7. The number of nitrogens with zero attached hydrogens (tertiary/aromatic N) is 1. The third-order valence-corrected chi connectivity index (χ3v) is 8.02. The molecule has 0 amide bonds. The molecule has 1 aliphatic carbocycles. The van der Waals surface area contributed by atoms with Crippen molar-refractivity contribution >= 4 is 61.6 Å². The number of para-hydroxylation sites is 2. The topological polar surface area (TPSA) is 88.5 Å². The number of benzene rings is 5. The zero-order chi connectivity index (χ0) is 27.5. The minimum atomic E-state index is 0.0771. The van der Waals surface area contributed by atoms with E-state index in [0.29, 0.717) is 5.56 Å². The largest absolute Gasteiger partial charge is 0.456 e. The molecular formula is C36H25N3O2. The number of allylic oxidation sites excluding steroid dienone is 1. The molecule has 5 aromatic carbocycles. The van der Waals surface area contributed by atoms with Crippen molar-refractivity contribution in [2.75, 3.05) is 0 Å². The third kappa shape index (κ3) is 3.70. The van der Waals surface area contributed by atoms with Crippen LogP contribution in [0, 0.1) is 5.41 Å². The molecule has 0 saturated heterocycles. The maximum Gasteiger partial charge on any atom is 0.154 e. The first-order valence-electron chi connectivity index (χ1n) is 13.7. The summed E-state index contributed by atoms with van der Waals surface area (Å²) in [6.07, 6.45) is 6.54. The number of aliphatic imine (C=N–C) groups is 1. The lowest BCUT2D eigenvalue weighted by Crippen LogP contribution is -2.16. The fourth-order valence-corrected chi connectivity index (χ4v) is 6.10. The van der Waals surface area contributed by atoms with Gasteiger partial charge < -0.3 is 14.6 Å². The Hall–Kier alpha value is -5.42. The zero-order valence-corrected chi connectivity index (χ0v) is 22.1. The summed E-state index contributed by atoms with van der Waals surface area (Å²) < 4.78 is 12.5. The van der Waals surface area contributed by atoms with Gasteiger partial charge in [-0.2, -0.15) is 0 Å². The van der Waals surface area contributed by atoms with Crippen LogP contribution in [-0.2, 0) is 6.42 Å². The minimum Gasteiger partial charge on any atom is -0.456 e. The van der Waals surface area contributed by atoms with Crippen LogP contribution in [0.1, 0.15) is 28.7 Å². The summed E-state index contributed by atoms with van der Waals surface area (Å²) in [7, 11) is 0. The molecule has 8 rings (SSSR count). The molecular weight excluding hydrogens is 506 g/mol. The maximum absolute atomic E-state index is 8.92. The highest BCUT2D eigenvalue weighted by atomic mass is 16.3. The van der Waals surface area contributed by atoms with Crippen LogP contribution in [0.15, 0.2) is 117 Å². The summed E-state index contributed by atoms with van der Waals surface area (Å²) in [5.74, 6) is 0.340. The number of nitrogens with two attached hydrogens (primary N) is 1. The lowest BCUT2D eigenvalue weighted by molar-refractivity contribution is 0.669. The second-order valence-corrected chi connectivity index (χ2v) is 10.4. The lowest BCUT2D eigenvalue weighted by Gasteiger charge is -2.12. The molecule has 0 saturated carbocycles. The second kappa shape index (κ2) is 9.07. The van der Waals surface area contributed by atoms with Gasteiger partial charge in [-0.05, 0) is 47.7 Å². The molecule has 0 spiro atoms. The maximum atomic E-state index is 8.92. The van der Waals surface area contributed by atoms with Gasteiger partial charge in [0.05, 0.1) is 0 Å². The molecule has 0 bridgehead atoms. The van der Waals surface area contributed by atoms with Crippen molar-refractivity contribution in [1.29, 1.82) is 5.41 Å². The highest BCUT2D eigenvalue weighted by Gasteiger charge is 2.19. The molecule has 41 heavy (non-hydrogen) atoms. The van der Waals surface area contributed by atoms with Crippen LogP contribution >= 0.6 is 0 Å². The van der Waals surface area contributed by atoms with Crippen LogP contribution < -0.4 is 5.73 Å². The molecule has 5 nitrogen and oxygen atoms in total. The average molecular weight is 532 g/mol. The van der Waals surface area contributed by atoms with Crippen molar-refractivity contribution in [3.05, 3.63) is 125 Å². The first kappa shape index (κ1) is 23.5. The fraction of sp³-hybridized carbons (Fsp3) is 0.0556. The van der Waals surface area contributed by atoms with Crippen LogP contribution in [-0.4, -0.2) is 11.7 Å². The van der Waals surface area contributed by atoms with Crippen molar-refractivity contribution in [3.63, 3.8) is 0 Å². The van der Waals surface area contributed by atoms with E-state index in [0.717, 1.165) is 73.4 Å². The molecule has 7 aromatic rings. The van der Waals surface area contributed by atoms with Crippen LogP contribution in [0.4, 0.5) is 0 Å². The summed E-state index contributed by atoms with van der Waals surface area (Å²) in [4.78, 5) is 4.61. The van der Waals surface area contributed by atoms with Gasteiger partial charge in [0.2, 0.25) is 0 Å². The van der Waals surface area contributed by atoms with Crippen molar-refractivity contribution in [1.82, 2.24) is 0 Å². The lowest BCUT2D eigenvalue weighted by atomic mass is 9.92. The summed E-state index contributed by atoms with van der Waals surface area (Å²) in [6.45, 7) is 0. The normalized spacial score (nSPS) is 13.4. The molecule has 0 fully saturated rings. The van der Waals surface area contributed by atoms with Crippen molar-refractivity contribution in [2.24, 2.45) is 10.7 Å². The third-order valence-electron chi connectivity index (χ3n) is 8.02. The van der Waals surface area contributed by atoms with E-state index in [2.05, 4.69) is 53.5 Å². The van der Waals surface area contributed by atoms with E-state index in [1.165, 1.54) is 11.1 Å². The van der Waals surface area contributed by atoms with E-state index < -0.39 is 0 Å². The van der Waals surface area contributed by atoms with Crippen LogP contribution in [0.25, 0.3) is 61.1 Å². The summed E-state index contributed by atoms with van der Waals surface area (Å²) in [5.41, 5.74) is 15.9. The molecule has 0 radical (unpaired) electrons. The molecule has 196 valence electrons. The van der Waals surface area contributed by atoms with Gasteiger partial charge in [-0.15, -0.1) is 0 Å². The van der Waals surface area contributed by atoms with Gasteiger partial charge in [0, 0.05) is 38.2 Å². The smallest absolute Gasteiger partial charge is 0.154 e. The Kier molecular flexibility index (Phi) is 5.19. The number of hydrogen-bond donors (Lipinski definition) is 2. The molecule has 5 heteroatoms. The molecule has 0 atom stereocenters. The Labute approximate surface area is 235 Å². The minimum absolute atomic E-state index is 0.0771. The van der Waals surface area contributed by atoms with Gasteiger partial charge in [-0.3, -0.25) is 5.41 Å². The Morgan fingerprint density at radius 1 is 0.732 bits per heavy atom. The molecule has 1 aliphatic rings. The van der Waals surface area contributed by atoms with Gasteiger partial charge in [0.15, 0.2) is 5.84 Å². The SMILES string of the molecule is N=C(/N=C(\N)c1cccc2oc3c(-c4ccc5c(c4)CCC=C5)cccc3c12)c1cccc2oc3ccccc3c12. The Bertz CT molecular complexity index is 2250.